The van der Waals surface area contributed by atoms with E-state index in [4.69, 9.17) is 0 Å². The molecule has 146 valence electrons. The molecule has 1 amide bonds. The molecule has 6 nitrogen and oxygen atoms in total. The summed E-state index contributed by atoms with van der Waals surface area (Å²) in [5.41, 5.74) is 2.73. The molecule has 0 aliphatic carbocycles. The van der Waals surface area contributed by atoms with E-state index in [-0.39, 0.29) is 23.4 Å². The quantitative estimate of drug-likeness (QED) is 0.446. The monoisotopic (exact) mass is 401 g/mol. The molecule has 0 fully saturated rings. The summed E-state index contributed by atoms with van der Waals surface area (Å²) in [6.45, 7) is 0. The first-order valence-electron chi connectivity index (χ1n) is 8.71. The molecule has 0 aliphatic rings. The average Bonchev–Trinajstić information content (AvgIpc) is 3.08. The van der Waals surface area contributed by atoms with E-state index in [9.17, 15) is 14.0 Å². The number of aromatic amines is 1. The summed E-state index contributed by atoms with van der Waals surface area (Å²) in [5.74, 6) is 0.710. The molecule has 0 bridgehead atoms. The zero-order valence-electron chi connectivity index (χ0n) is 15.3. The van der Waals surface area contributed by atoms with Gasteiger partial charge in [0.05, 0.1) is 23.9 Å². The molecule has 3 aromatic rings. The first kappa shape index (κ1) is 19.9. The Morgan fingerprint density at radius 1 is 1.25 bits per heavy atom. The number of imidazole rings is 1. The number of fused-ring (bicyclic) bond motifs is 1. The second kappa shape index (κ2) is 9.36. The normalized spacial score (nSPS) is 10.8. The molecule has 1 aromatic heterocycles. The molecule has 3 rings (SSSR count). The zero-order valence-corrected chi connectivity index (χ0v) is 16.1. The van der Waals surface area contributed by atoms with E-state index in [2.05, 4.69) is 20.0 Å². The number of hydrogen-bond acceptors (Lipinski definition) is 5. The van der Waals surface area contributed by atoms with Gasteiger partial charge in [0.1, 0.15) is 11.6 Å². The molecule has 8 heteroatoms. The molecule has 0 spiro atoms. The predicted octanol–water partition coefficient (Wildman–Crippen LogP) is 3.53. The van der Waals surface area contributed by atoms with E-state index >= 15 is 0 Å². The fraction of sp³-hybridized carbons (Fsp3) is 0.250. The van der Waals surface area contributed by atoms with Crippen LogP contribution in [0.4, 0.5) is 10.1 Å². The lowest BCUT2D eigenvalue weighted by Crippen LogP contribution is -2.13. The number of amides is 1. The van der Waals surface area contributed by atoms with Gasteiger partial charge in [-0.3, -0.25) is 9.59 Å². The SMILES string of the molecule is COC(=O)CSCCC(=O)Nc1ccc2nc(Cc3ccccc3F)[nH]c2c1. The summed E-state index contributed by atoms with van der Waals surface area (Å²) in [4.78, 5) is 30.7. The van der Waals surface area contributed by atoms with Crippen LogP contribution in [0, 0.1) is 5.82 Å². The van der Waals surface area contributed by atoms with Gasteiger partial charge in [0.25, 0.3) is 0 Å². The maximum absolute atomic E-state index is 13.8. The van der Waals surface area contributed by atoms with E-state index < -0.39 is 0 Å². The lowest BCUT2D eigenvalue weighted by molar-refractivity contribution is -0.137. The lowest BCUT2D eigenvalue weighted by Gasteiger charge is -2.05. The third-order valence-electron chi connectivity index (χ3n) is 4.05. The highest BCUT2D eigenvalue weighted by Crippen LogP contribution is 2.20. The van der Waals surface area contributed by atoms with Crippen molar-refractivity contribution in [3.8, 4) is 0 Å². The first-order valence-corrected chi connectivity index (χ1v) is 9.87. The van der Waals surface area contributed by atoms with Gasteiger partial charge in [0.15, 0.2) is 0 Å². The summed E-state index contributed by atoms with van der Waals surface area (Å²) in [6.07, 6.45) is 0.654. The number of carbonyl (C=O) groups is 2. The van der Waals surface area contributed by atoms with Crippen molar-refractivity contribution in [3.63, 3.8) is 0 Å². The maximum atomic E-state index is 13.8. The Hall–Kier alpha value is -2.87. The molecule has 0 atom stereocenters. The fourth-order valence-corrected chi connectivity index (χ4v) is 3.41. The van der Waals surface area contributed by atoms with Gasteiger partial charge in [-0.05, 0) is 29.8 Å². The van der Waals surface area contributed by atoms with Gasteiger partial charge in [-0.15, -0.1) is 11.8 Å². The number of nitrogens with one attached hydrogen (secondary N) is 2. The van der Waals surface area contributed by atoms with Crippen LogP contribution < -0.4 is 5.32 Å². The van der Waals surface area contributed by atoms with Crippen LogP contribution in [-0.4, -0.2) is 40.5 Å². The number of H-pyrrole nitrogens is 1. The minimum absolute atomic E-state index is 0.136. The maximum Gasteiger partial charge on any atom is 0.315 e. The van der Waals surface area contributed by atoms with E-state index in [0.29, 0.717) is 35.7 Å². The summed E-state index contributed by atoms with van der Waals surface area (Å²) in [7, 11) is 1.34. The molecular weight excluding hydrogens is 381 g/mol. The molecular formula is C20H20FN3O3S. The largest absolute Gasteiger partial charge is 0.468 e. The zero-order chi connectivity index (χ0) is 19.9. The van der Waals surface area contributed by atoms with Crippen LogP contribution >= 0.6 is 11.8 Å². The number of halogens is 1. The van der Waals surface area contributed by atoms with Crippen molar-refractivity contribution in [2.24, 2.45) is 0 Å². The van der Waals surface area contributed by atoms with Crippen LogP contribution in [0.3, 0.4) is 0 Å². The fourth-order valence-electron chi connectivity index (χ4n) is 2.65. The number of benzene rings is 2. The van der Waals surface area contributed by atoms with Gasteiger partial charge in [0.2, 0.25) is 5.91 Å². The lowest BCUT2D eigenvalue weighted by atomic mass is 10.1. The Kier molecular flexibility index (Phi) is 6.65. The van der Waals surface area contributed by atoms with Crippen LogP contribution in [0.1, 0.15) is 17.8 Å². The molecule has 0 radical (unpaired) electrons. The number of esters is 1. The van der Waals surface area contributed by atoms with Crippen molar-refractivity contribution in [3.05, 3.63) is 59.7 Å². The van der Waals surface area contributed by atoms with Crippen molar-refractivity contribution in [1.82, 2.24) is 9.97 Å². The van der Waals surface area contributed by atoms with Crippen molar-refractivity contribution in [2.45, 2.75) is 12.8 Å². The standard InChI is InChI=1S/C20H20FN3O3S/c1-27-20(26)12-28-9-8-19(25)22-14-6-7-16-17(11-14)24-18(23-16)10-13-4-2-3-5-15(13)21/h2-7,11H,8-10,12H2,1H3,(H,22,25)(H,23,24). The van der Waals surface area contributed by atoms with E-state index in [1.54, 1.807) is 36.4 Å². The number of aromatic nitrogens is 2. The van der Waals surface area contributed by atoms with Gasteiger partial charge in [-0.1, -0.05) is 18.2 Å². The van der Waals surface area contributed by atoms with Crippen molar-refractivity contribution in [1.29, 1.82) is 0 Å². The third-order valence-corrected chi connectivity index (χ3v) is 4.98. The van der Waals surface area contributed by atoms with Gasteiger partial charge >= 0.3 is 5.97 Å². The van der Waals surface area contributed by atoms with Crippen LogP contribution in [0.25, 0.3) is 11.0 Å². The summed E-state index contributed by atoms with van der Waals surface area (Å²) in [5, 5.41) is 2.83. The number of anilines is 1. The topological polar surface area (TPSA) is 84.1 Å². The highest BCUT2D eigenvalue weighted by molar-refractivity contribution is 7.99. The van der Waals surface area contributed by atoms with Gasteiger partial charge in [-0.25, -0.2) is 9.37 Å². The molecule has 2 aromatic carbocycles. The molecule has 28 heavy (non-hydrogen) atoms. The Labute approximate surface area is 165 Å². The second-order valence-corrected chi connectivity index (χ2v) is 7.22. The van der Waals surface area contributed by atoms with Crippen molar-refractivity contribution >= 4 is 40.4 Å². The number of methoxy groups -OCH3 is 1. The molecule has 0 unspecified atom stereocenters. The molecule has 2 N–H and O–H groups in total. The highest BCUT2D eigenvalue weighted by Gasteiger charge is 2.09. The minimum Gasteiger partial charge on any atom is -0.468 e. The second-order valence-electron chi connectivity index (χ2n) is 6.11. The Morgan fingerprint density at radius 3 is 2.86 bits per heavy atom. The van der Waals surface area contributed by atoms with Crippen LogP contribution in [0.15, 0.2) is 42.5 Å². The molecule has 1 heterocycles. The highest BCUT2D eigenvalue weighted by atomic mass is 32.2. The number of hydrogen-bond donors (Lipinski definition) is 2. The average molecular weight is 401 g/mol. The number of nitrogens with zero attached hydrogens (tertiary/aromatic N) is 1. The van der Waals surface area contributed by atoms with Gasteiger partial charge in [-0.2, -0.15) is 0 Å². The van der Waals surface area contributed by atoms with E-state index in [1.165, 1.54) is 24.9 Å². The van der Waals surface area contributed by atoms with Crippen molar-refractivity contribution < 1.29 is 18.7 Å². The third kappa shape index (κ3) is 5.32. The minimum atomic E-state index is -0.304. The number of ether oxygens (including phenoxy) is 1. The summed E-state index contributed by atoms with van der Waals surface area (Å²) < 4.78 is 18.4. The van der Waals surface area contributed by atoms with Crippen molar-refractivity contribution in [2.75, 3.05) is 23.9 Å². The van der Waals surface area contributed by atoms with Gasteiger partial charge < -0.3 is 15.0 Å². The Morgan fingerprint density at radius 2 is 2.07 bits per heavy atom. The summed E-state index contributed by atoms with van der Waals surface area (Å²) >= 11 is 1.35. The van der Waals surface area contributed by atoms with Crippen LogP contribution in [0.2, 0.25) is 0 Å². The number of rotatable bonds is 8. The molecule has 0 saturated carbocycles. The molecule has 0 saturated heterocycles. The summed E-state index contributed by atoms with van der Waals surface area (Å²) in [6, 6.07) is 12.0. The Bertz CT molecular complexity index is 990. The smallest absolute Gasteiger partial charge is 0.315 e. The molecule has 0 aliphatic heterocycles. The van der Waals surface area contributed by atoms with E-state index in [0.717, 1.165) is 11.0 Å². The van der Waals surface area contributed by atoms with Crippen LogP contribution in [-0.2, 0) is 20.7 Å². The van der Waals surface area contributed by atoms with E-state index in [1.807, 2.05) is 0 Å². The van der Waals surface area contributed by atoms with Crippen LogP contribution in [0.5, 0.6) is 0 Å². The van der Waals surface area contributed by atoms with Gasteiger partial charge in [0, 0.05) is 24.3 Å². The number of thioether (sulfide) groups is 1. The Balaban J connectivity index is 1.59. The number of carbonyl (C=O) groups excluding carboxylic acids is 2. The first-order chi connectivity index (χ1) is 13.5. The predicted molar refractivity (Wildman–Crippen MR) is 108 cm³/mol.